The number of hydrogen-bond acceptors (Lipinski definition) is 16. The van der Waals surface area contributed by atoms with Crippen molar-refractivity contribution in [2.45, 2.75) is 209 Å². The van der Waals surface area contributed by atoms with Gasteiger partial charge in [0.2, 0.25) is 29.5 Å². The number of quaternary nitrogens is 1. The third kappa shape index (κ3) is 65.3. The molecule has 0 aromatic heterocycles. The van der Waals surface area contributed by atoms with Crippen molar-refractivity contribution in [3.8, 4) is 0 Å². The van der Waals surface area contributed by atoms with Crippen molar-refractivity contribution in [2.75, 3.05) is 79.6 Å². The summed E-state index contributed by atoms with van der Waals surface area (Å²) in [6.07, 6.45) is 7.42. The van der Waals surface area contributed by atoms with Crippen LogP contribution in [0, 0.1) is 45.8 Å². The molecule has 0 aliphatic heterocycles. The van der Waals surface area contributed by atoms with Crippen LogP contribution in [-0.4, -0.2) is 165 Å². The highest BCUT2D eigenvalue weighted by Crippen LogP contribution is 2.23. The van der Waals surface area contributed by atoms with Crippen LogP contribution >= 0.6 is 0 Å². The number of nitrogens with one attached hydrogen (secondary N) is 2. The van der Waals surface area contributed by atoms with Crippen molar-refractivity contribution in [2.24, 2.45) is 63.0 Å². The fraction of sp³-hybridized carbons (Fsp3) is 0.864. The molecule has 12 N–H and O–H groups in total. The predicted octanol–water partition coefficient (Wildman–Crippen LogP) is 3.49. The maximum Gasteiger partial charge on any atom is 0.311 e. The van der Waals surface area contributed by atoms with E-state index in [1.165, 1.54) is 0 Å². The quantitative estimate of drug-likeness (QED) is 0.0170. The Hall–Kier alpha value is -4.20. The Balaban J connectivity index is -0.000000111. The number of rotatable bonds is 29. The van der Waals surface area contributed by atoms with Gasteiger partial charge in [-0.1, -0.05) is 90.0 Å². The van der Waals surface area contributed by atoms with Crippen molar-refractivity contribution < 1.29 is 97.7 Å². The first-order valence-corrected chi connectivity index (χ1v) is 30.8. The average Bonchev–Trinajstić information content (AvgIpc) is 3.40. The summed E-state index contributed by atoms with van der Waals surface area (Å²) in [4.78, 5) is 86.7. The summed E-state index contributed by atoms with van der Waals surface area (Å²) in [6, 6.07) is 0. The van der Waals surface area contributed by atoms with Crippen LogP contribution in [0.4, 0.5) is 0 Å². The summed E-state index contributed by atoms with van der Waals surface area (Å²) in [7, 11) is 2.41. The zero-order valence-corrected chi connectivity index (χ0v) is 58.2. The zero-order valence-electron chi connectivity index (χ0n) is 56.7. The number of amides is 5. The first-order chi connectivity index (χ1) is 37.6. The Morgan fingerprint density at radius 3 is 0.917 bits per heavy atom. The van der Waals surface area contributed by atoms with Gasteiger partial charge in [-0.3, -0.25) is 42.9 Å². The number of nitrogens with two attached hydrogens (primary N) is 3. The first kappa shape index (κ1) is 98.9. The summed E-state index contributed by atoms with van der Waals surface area (Å²) in [5.74, 6) is -1.73. The molecule has 0 radical (unpaired) electrons. The van der Waals surface area contributed by atoms with Crippen molar-refractivity contribution in [3.05, 3.63) is 0 Å². The smallest absolute Gasteiger partial charge is 0.311 e. The molecule has 0 saturated heterocycles. The third-order valence-electron chi connectivity index (χ3n) is 13.0. The third-order valence-corrected chi connectivity index (χ3v) is 14.1. The second-order valence-corrected chi connectivity index (χ2v) is 25.3. The number of nitrogens with zero attached hydrogens (tertiary/aromatic N) is 1. The van der Waals surface area contributed by atoms with Crippen LogP contribution in [0.1, 0.15) is 203 Å². The van der Waals surface area contributed by atoms with Gasteiger partial charge in [0.05, 0.1) is 75.0 Å². The van der Waals surface area contributed by atoms with Crippen molar-refractivity contribution in [1.29, 1.82) is 0 Å². The molecule has 23 nitrogen and oxygen atoms in total. The zero-order chi connectivity index (χ0) is 67.8. The molecule has 0 rings (SSSR count). The number of carbonyl (C=O) groups excluding carboxylic acids is 8. The van der Waals surface area contributed by atoms with Gasteiger partial charge >= 0.3 is 17.9 Å². The lowest BCUT2D eigenvalue weighted by atomic mass is 9.91. The molecule has 0 fully saturated rings. The summed E-state index contributed by atoms with van der Waals surface area (Å²) in [5, 5.41) is 30.7. The standard InChI is InChI=1S/C11H24N2O.C9H19NO4S.3C8H16O3.3C5H11NO.ClH/c1-6-10(2)11(14)12-8-7-9-13(3,4)5;1-5-7(2)8(11)10-9(3,4)6-15(12,13)14;3*1-4-8(2,3)7(10)11-6-5-9;3*1-3-4(2)5(6)7;/h10H,6-9H2,1-5H3;7H,5-6H2,1-4H3,(H,10,11)(H,12,13,14);3*9H,4-6H2,1-3H3;3*4H,3H2,1-2H3,(H2,6,7);1H. The van der Waals surface area contributed by atoms with E-state index >= 15 is 0 Å². The van der Waals surface area contributed by atoms with Crippen molar-refractivity contribution in [1.82, 2.24) is 10.6 Å². The fourth-order valence-electron chi connectivity index (χ4n) is 4.30. The van der Waals surface area contributed by atoms with Crippen LogP contribution in [0.5, 0.6) is 0 Å². The minimum Gasteiger partial charge on any atom is -1.00 e. The number of aliphatic hydroxyl groups is 3. The van der Waals surface area contributed by atoms with E-state index in [1.54, 1.807) is 20.8 Å². The number of halogens is 1. The number of aliphatic hydroxyl groups excluding tert-OH is 3. The normalized spacial score (nSPS) is 12.7. The predicted molar refractivity (Wildman–Crippen MR) is 330 cm³/mol. The molecule has 84 heavy (non-hydrogen) atoms. The van der Waals surface area contributed by atoms with Crippen molar-refractivity contribution in [3.63, 3.8) is 0 Å². The SMILES string of the molecule is CCC(C)(C)C(=O)OCCO.CCC(C)(C)C(=O)OCCO.CCC(C)(C)C(=O)OCCO.CCC(C)C(=O)NC(C)(C)CS(=O)(=O)O.CCC(C)C(=O)NCCC[N+](C)(C)C.CCC(C)C(N)=O.CCC(C)C(N)=O.CCC(C)C(N)=O.[Cl-]. The molecular weight excluding hydrogens is 1130 g/mol. The van der Waals surface area contributed by atoms with Gasteiger partial charge in [-0.15, -0.1) is 0 Å². The topological polar surface area (TPSA) is 381 Å². The highest BCUT2D eigenvalue weighted by atomic mass is 35.5. The van der Waals surface area contributed by atoms with Crippen LogP contribution in [0.25, 0.3) is 0 Å². The fourth-order valence-corrected chi connectivity index (χ4v) is 5.28. The van der Waals surface area contributed by atoms with E-state index < -0.39 is 37.7 Å². The number of carbonyl (C=O) groups is 8. The van der Waals surface area contributed by atoms with E-state index in [0.29, 0.717) is 6.42 Å². The van der Waals surface area contributed by atoms with Gasteiger partial charge in [-0.25, -0.2) is 0 Å². The van der Waals surface area contributed by atoms with E-state index in [4.69, 9.17) is 51.3 Å². The van der Waals surface area contributed by atoms with Gasteiger partial charge in [0, 0.05) is 42.6 Å². The highest BCUT2D eigenvalue weighted by molar-refractivity contribution is 7.85. The van der Waals surface area contributed by atoms with Crippen LogP contribution in [0.3, 0.4) is 0 Å². The van der Waals surface area contributed by atoms with E-state index in [0.717, 1.165) is 68.9 Å². The molecule has 0 saturated carbocycles. The molecule has 506 valence electrons. The van der Waals surface area contributed by atoms with Gasteiger partial charge in [0.25, 0.3) is 10.1 Å². The van der Waals surface area contributed by atoms with Crippen molar-refractivity contribution >= 4 is 57.6 Å². The Bertz CT molecular complexity index is 1740. The van der Waals surface area contributed by atoms with Crippen LogP contribution in [0.15, 0.2) is 0 Å². The maximum absolute atomic E-state index is 11.5. The summed E-state index contributed by atoms with van der Waals surface area (Å²) in [5.41, 5.74) is 12.5. The molecule has 0 spiro atoms. The van der Waals surface area contributed by atoms with Crippen LogP contribution in [-0.2, 0) is 62.7 Å². The molecule has 25 heteroatoms. The maximum atomic E-state index is 11.5. The highest BCUT2D eigenvalue weighted by Gasteiger charge is 2.30. The molecule has 5 amide bonds. The molecule has 5 atom stereocenters. The number of hydrogen-bond donors (Lipinski definition) is 9. The van der Waals surface area contributed by atoms with E-state index in [2.05, 4.69) is 31.8 Å². The minimum atomic E-state index is -4.07. The molecule has 0 bridgehead atoms. The molecule has 0 aliphatic rings. The van der Waals surface area contributed by atoms with Gasteiger partial charge in [0.15, 0.2) is 0 Å². The lowest BCUT2D eigenvalue weighted by Crippen LogP contribution is -3.00. The lowest BCUT2D eigenvalue weighted by molar-refractivity contribution is -0.870. The Morgan fingerprint density at radius 2 is 0.738 bits per heavy atom. The largest absolute Gasteiger partial charge is 1.00 e. The second kappa shape index (κ2) is 54.2. The Kier molecular flexibility index (Phi) is 63.8. The van der Waals surface area contributed by atoms with E-state index in [-0.39, 0.29) is 129 Å². The first-order valence-electron chi connectivity index (χ1n) is 29.2. The molecule has 0 aliphatic carbocycles. The van der Waals surface area contributed by atoms with Gasteiger partial charge < -0.3 is 74.3 Å². The second-order valence-electron chi connectivity index (χ2n) is 23.8. The molecule has 0 aromatic rings. The molecular formula is C59H125ClN6O17S. The van der Waals surface area contributed by atoms with Gasteiger partial charge in [-0.2, -0.15) is 8.42 Å². The molecule has 0 aromatic carbocycles. The average molecular weight is 1260 g/mol. The van der Waals surface area contributed by atoms with Gasteiger partial charge in [-0.05, 0) is 107 Å². The summed E-state index contributed by atoms with van der Waals surface area (Å²) < 4.78 is 45.3. The lowest BCUT2D eigenvalue weighted by Gasteiger charge is -2.26. The van der Waals surface area contributed by atoms with Crippen LogP contribution in [0.2, 0.25) is 0 Å². The number of ether oxygens (including phenoxy) is 3. The monoisotopic (exact) mass is 1260 g/mol. The molecule has 0 heterocycles. The number of primary amides is 3. The van der Waals surface area contributed by atoms with E-state index in [9.17, 15) is 46.8 Å². The van der Waals surface area contributed by atoms with E-state index in [1.807, 2.05) is 125 Å². The molecule has 5 unspecified atom stereocenters. The minimum absolute atomic E-state index is 0. The Labute approximate surface area is 515 Å². The summed E-state index contributed by atoms with van der Waals surface area (Å²) in [6.45, 7) is 40.7. The van der Waals surface area contributed by atoms with Gasteiger partial charge in [0.1, 0.15) is 19.8 Å². The Morgan fingerprint density at radius 1 is 0.488 bits per heavy atom. The van der Waals surface area contributed by atoms with Crippen LogP contribution < -0.4 is 40.2 Å². The number of esters is 3. The summed E-state index contributed by atoms with van der Waals surface area (Å²) >= 11 is 0.